The number of rotatable bonds is 10. The van der Waals surface area contributed by atoms with Crippen LogP contribution in [0.2, 0.25) is 0 Å². The van der Waals surface area contributed by atoms with Crippen molar-refractivity contribution in [1.82, 2.24) is 0 Å². The Morgan fingerprint density at radius 3 is 1.56 bits per heavy atom. The number of ether oxygens (including phenoxy) is 2. The Labute approximate surface area is 278 Å². The summed E-state index contributed by atoms with van der Waals surface area (Å²) < 4.78 is 12.3. The van der Waals surface area contributed by atoms with E-state index in [0.29, 0.717) is 22.6 Å². The molecule has 7 nitrogen and oxygen atoms in total. The fraction of sp³-hybridized carbons (Fsp3) is 0.0976. The van der Waals surface area contributed by atoms with E-state index in [1.165, 1.54) is 6.07 Å². The lowest BCUT2D eigenvalue weighted by molar-refractivity contribution is 0.103. The van der Waals surface area contributed by atoms with Gasteiger partial charge in [-0.1, -0.05) is 60.7 Å². The van der Waals surface area contributed by atoms with E-state index in [9.17, 15) is 19.9 Å². The van der Waals surface area contributed by atoms with Crippen LogP contribution in [0.25, 0.3) is 22.3 Å². The molecule has 2 N–H and O–H groups in total. The van der Waals surface area contributed by atoms with Crippen molar-refractivity contribution in [2.45, 2.75) is 26.4 Å². The van der Waals surface area contributed by atoms with E-state index in [-0.39, 0.29) is 28.7 Å². The second kappa shape index (κ2) is 13.3. The fourth-order valence-electron chi connectivity index (χ4n) is 5.68. The topological polar surface area (TPSA) is 105 Å². The quantitative estimate of drug-likeness (QED) is 0.115. The number of phenols is 2. The third-order valence-electron chi connectivity index (χ3n) is 8.17. The van der Waals surface area contributed by atoms with Crippen LogP contribution in [0.3, 0.4) is 0 Å². The minimum absolute atomic E-state index is 0.0165. The number of hydrogen-bond acceptors (Lipinski definition) is 7. The summed E-state index contributed by atoms with van der Waals surface area (Å²) in [6, 6.07) is 39.1. The molecule has 0 bridgehead atoms. The van der Waals surface area contributed by atoms with E-state index in [0.717, 1.165) is 33.4 Å². The number of aryl methyl sites for hydroxylation is 1. The number of carbonyl (C=O) groups excluding carboxylic acids is 1. The first kappa shape index (κ1) is 31.8. The number of phenolic OH excluding ortho intramolecular Hbond substituents is 2. The van der Waals surface area contributed by atoms with E-state index in [4.69, 9.17) is 9.47 Å². The van der Waals surface area contributed by atoms with Gasteiger partial charge in [-0.15, -0.1) is 4.91 Å². The molecule has 7 heteroatoms. The van der Waals surface area contributed by atoms with Crippen LogP contribution in [0.5, 0.6) is 28.7 Å². The van der Waals surface area contributed by atoms with Crippen LogP contribution in [0, 0.1) is 11.8 Å². The highest BCUT2D eigenvalue weighted by atomic mass is 16.5. The maximum absolute atomic E-state index is 13.5. The first-order valence-electron chi connectivity index (χ1n) is 15.4. The highest BCUT2D eigenvalue weighted by molar-refractivity contribution is 6.09. The zero-order valence-corrected chi connectivity index (χ0v) is 26.7. The van der Waals surface area contributed by atoms with Crippen LogP contribution in [-0.4, -0.2) is 16.0 Å². The summed E-state index contributed by atoms with van der Waals surface area (Å²) in [5, 5.41) is 22.2. The first-order chi connectivity index (χ1) is 23.1. The zero-order valence-electron chi connectivity index (χ0n) is 26.7. The summed E-state index contributed by atoms with van der Waals surface area (Å²) in [5.74, 6) is 1.61. The van der Waals surface area contributed by atoms with Crippen molar-refractivity contribution >= 4 is 11.5 Å². The third kappa shape index (κ3) is 6.95. The predicted octanol–water partition coefficient (Wildman–Crippen LogP) is 10.5. The minimum atomic E-state index is -0.693. The molecule has 0 spiro atoms. The lowest BCUT2D eigenvalue weighted by Gasteiger charge is -2.29. The van der Waals surface area contributed by atoms with Crippen LogP contribution in [-0.2, 0) is 5.60 Å². The smallest absolute Gasteiger partial charge is 0.193 e. The Morgan fingerprint density at radius 1 is 0.604 bits per heavy atom. The van der Waals surface area contributed by atoms with Crippen molar-refractivity contribution in [3.63, 3.8) is 0 Å². The zero-order chi connectivity index (χ0) is 33.8. The van der Waals surface area contributed by atoms with Crippen LogP contribution in [0.15, 0.2) is 139 Å². The second-order valence-electron chi connectivity index (χ2n) is 12.0. The van der Waals surface area contributed by atoms with Crippen LogP contribution in [0.1, 0.15) is 40.9 Å². The average molecular weight is 636 g/mol. The van der Waals surface area contributed by atoms with Crippen molar-refractivity contribution in [3.8, 4) is 51.0 Å². The summed E-state index contributed by atoms with van der Waals surface area (Å²) in [6.07, 6.45) is 0. The van der Waals surface area contributed by atoms with Gasteiger partial charge in [-0.2, -0.15) is 0 Å². The van der Waals surface area contributed by atoms with Crippen LogP contribution < -0.4 is 9.47 Å². The number of carbonyl (C=O) groups is 1. The molecule has 6 aromatic carbocycles. The highest BCUT2D eigenvalue weighted by Gasteiger charge is 2.26. The molecule has 238 valence electrons. The van der Waals surface area contributed by atoms with Gasteiger partial charge >= 0.3 is 0 Å². The molecule has 0 unspecified atom stereocenters. The van der Waals surface area contributed by atoms with E-state index in [2.05, 4.69) is 5.18 Å². The summed E-state index contributed by atoms with van der Waals surface area (Å²) in [7, 11) is 0. The molecule has 0 fully saturated rings. The number of benzene rings is 6. The van der Waals surface area contributed by atoms with Crippen LogP contribution >= 0.6 is 0 Å². The molecule has 0 heterocycles. The predicted molar refractivity (Wildman–Crippen MR) is 187 cm³/mol. The molecule has 6 rings (SSSR count). The fourth-order valence-corrected chi connectivity index (χ4v) is 5.68. The van der Waals surface area contributed by atoms with Gasteiger partial charge in [0.1, 0.15) is 28.6 Å². The standard InChI is InChI=1S/C41H33NO6/c1-26-24-31(12-22-37(26)41(2,3)48-36-20-10-30(11-21-36)28-6-16-34(44)17-7-28)40(45)32-13-23-39(38(25-32)42-46)47-35-18-8-29(9-19-35)27-4-14-33(43)15-5-27/h4-25,43-44H,1-3H3. The van der Waals surface area contributed by atoms with Gasteiger partial charge in [0, 0.05) is 11.1 Å². The first-order valence-corrected chi connectivity index (χ1v) is 15.4. The van der Waals surface area contributed by atoms with Crippen LogP contribution in [0.4, 0.5) is 5.69 Å². The molecular weight excluding hydrogens is 602 g/mol. The second-order valence-corrected chi connectivity index (χ2v) is 12.0. The van der Waals surface area contributed by atoms with Gasteiger partial charge in [-0.05, 0) is 132 Å². The molecule has 0 aliphatic carbocycles. The van der Waals surface area contributed by atoms with E-state index >= 15 is 0 Å². The molecule has 6 aromatic rings. The van der Waals surface area contributed by atoms with E-state index in [1.54, 1.807) is 54.6 Å². The van der Waals surface area contributed by atoms with Gasteiger partial charge in [0.05, 0.1) is 0 Å². The number of hydrogen-bond donors (Lipinski definition) is 2. The maximum Gasteiger partial charge on any atom is 0.193 e. The Hall–Kier alpha value is -6.21. The molecule has 0 atom stereocenters. The van der Waals surface area contributed by atoms with Crippen molar-refractivity contribution in [2.24, 2.45) is 5.18 Å². The van der Waals surface area contributed by atoms with Crippen molar-refractivity contribution in [1.29, 1.82) is 0 Å². The molecule has 48 heavy (non-hydrogen) atoms. The van der Waals surface area contributed by atoms with Gasteiger partial charge in [0.25, 0.3) is 0 Å². The summed E-state index contributed by atoms with van der Waals surface area (Å²) in [4.78, 5) is 25.3. The number of nitrogens with zero attached hydrogens (tertiary/aromatic N) is 1. The molecular formula is C41H33NO6. The Balaban J connectivity index is 1.14. The SMILES string of the molecule is Cc1cc(C(=O)c2ccc(Oc3ccc(-c4ccc(O)cc4)cc3)c(N=O)c2)ccc1C(C)(C)Oc1ccc(-c2ccc(O)cc2)cc1. The van der Waals surface area contributed by atoms with Gasteiger partial charge in [0.2, 0.25) is 0 Å². The van der Waals surface area contributed by atoms with Gasteiger partial charge in [-0.3, -0.25) is 4.79 Å². The molecule has 0 saturated carbocycles. The summed E-state index contributed by atoms with van der Waals surface area (Å²) >= 11 is 0. The Morgan fingerprint density at radius 2 is 1.06 bits per heavy atom. The highest BCUT2D eigenvalue weighted by Crippen LogP contribution is 2.36. The van der Waals surface area contributed by atoms with E-state index < -0.39 is 5.60 Å². The van der Waals surface area contributed by atoms with Gasteiger partial charge < -0.3 is 19.7 Å². The summed E-state index contributed by atoms with van der Waals surface area (Å²) in [6.45, 7) is 5.90. The number of nitroso groups, excluding NO2 is 1. The molecule has 0 amide bonds. The van der Waals surface area contributed by atoms with E-state index in [1.807, 2.05) is 93.6 Å². The van der Waals surface area contributed by atoms with Gasteiger partial charge in [0.15, 0.2) is 17.2 Å². The molecule has 0 saturated heterocycles. The average Bonchev–Trinajstić information content (AvgIpc) is 3.09. The lowest BCUT2D eigenvalue weighted by atomic mass is 9.90. The van der Waals surface area contributed by atoms with Gasteiger partial charge in [-0.25, -0.2) is 0 Å². The third-order valence-corrected chi connectivity index (χ3v) is 8.17. The minimum Gasteiger partial charge on any atom is -0.508 e. The Kier molecular flexibility index (Phi) is 8.77. The Bertz CT molecular complexity index is 2080. The van der Waals surface area contributed by atoms with Crippen molar-refractivity contribution < 1.29 is 24.5 Å². The molecule has 0 radical (unpaired) electrons. The van der Waals surface area contributed by atoms with Crippen molar-refractivity contribution in [2.75, 3.05) is 0 Å². The molecule has 0 aromatic heterocycles. The normalized spacial score (nSPS) is 11.1. The number of aromatic hydroxyl groups is 2. The maximum atomic E-state index is 13.5. The number of ketones is 1. The molecule has 0 aliphatic rings. The molecule has 0 aliphatic heterocycles. The largest absolute Gasteiger partial charge is 0.508 e. The van der Waals surface area contributed by atoms with Crippen molar-refractivity contribution in [3.05, 3.63) is 161 Å². The summed E-state index contributed by atoms with van der Waals surface area (Å²) in [5.41, 5.74) is 5.80. The lowest BCUT2D eigenvalue weighted by Crippen LogP contribution is -2.26. The monoisotopic (exact) mass is 635 g/mol.